The second-order valence-corrected chi connectivity index (χ2v) is 5.63. The number of nitrogens with zero attached hydrogens (tertiary/aromatic N) is 1. The van der Waals surface area contributed by atoms with Crippen LogP contribution in [0.2, 0.25) is 0 Å². The third-order valence-corrected chi connectivity index (χ3v) is 3.85. The summed E-state index contributed by atoms with van der Waals surface area (Å²) < 4.78 is 5.00. The number of carbonyl (C=O) groups is 1. The van der Waals surface area contributed by atoms with Crippen molar-refractivity contribution in [3.8, 4) is 0 Å². The van der Waals surface area contributed by atoms with Gasteiger partial charge >= 0.3 is 5.97 Å². The van der Waals surface area contributed by atoms with Crippen molar-refractivity contribution in [2.75, 3.05) is 27.2 Å². The summed E-state index contributed by atoms with van der Waals surface area (Å²) in [5.41, 5.74) is -0.324. The zero-order valence-corrected chi connectivity index (χ0v) is 10.6. The molecule has 0 radical (unpaired) electrons. The van der Waals surface area contributed by atoms with Gasteiger partial charge in [0.05, 0.1) is 12.5 Å². The van der Waals surface area contributed by atoms with Gasteiger partial charge in [0.2, 0.25) is 0 Å². The molecule has 1 aliphatic rings. The second-order valence-electron chi connectivity index (χ2n) is 5.63. The van der Waals surface area contributed by atoms with Crippen LogP contribution < -0.4 is 0 Å². The van der Waals surface area contributed by atoms with E-state index in [2.05, 4.69) is 32.7 Å². The topological polar surface area (TPSA) is 29.5 Å². The number of methoxy groups -OCH3 is 1. The van der Waals surface area contributed by atoms with E-state index >= 15 is 0 Å². The Kier molecular flexibility index (Phi) is 3.44. The van der Waals surface area contributed by atoms with E-state index < -0.39 is 0 Å². The smallest absolute Gasteiger partial charge is 0.312 e. The van der Waals surface area contributed by atoms with E-state index in [0.717, 1.165) is 25.9 Å². The lowest BCUT2D eigenvalue weighted by Gasteiger charge is -2.46. The van der Waals surface area contributed by atoms with Gasteiger partial charge in [0.15, 0.2) is 0 Å². The predicted octanol–water partition coefficient (Wildman–Crippen LogP) is 1.92. The van der Waals surface area contributed by atoms with Gasteiger partial charge in [-0.2, -0.15) is 0 Å². The Labute approximate surface area is 92.8 Å². The lowest BCUT2D eigenvalue weighted by Crippen LogP contribution is -2.50. The molecule has 3 nitrogen and oxygen atoms in total. The minimum atomic E-state index is -0.297. The highest BCUT2D eigenvalue weighted by molar-refractivity contribution is 5.77. The average Bonchev–Trinajstić information content (AvgIpc) is 2.16. The first-order valence-corrected chi connectivity index (χ1v) is 5.60. The molecule has 0 aromatic rings. The number of hydrogen-bond donors (Lipinski definition) is 0. The van der Waals surface area contributed by atoms with E-state index in [0.29, 0.717) is 0 Å². The van der Waals surface area contributed by atoms with Gasteiger partial charge < -0.3 is 9.64 Å². The molecule has 0 saturated carbocycles. The molecule has 0 unspecified atom stereocenters. The predicted molar refractivity (Wildman–Crippen MR) is 60.6 cm³/mol. The maximum Gasteiger partial charge on any atom is 0.312 e. The molecular formula is C12H23NO2. The SMILES string of the molecule is COC(=O)C1(C(C)(C)C)CCN(C)CC1. The van der Waals surface area contributed by atoms with E-state index in [9.17, 15) is 4.79 Å². The van der Waals surface area contributed by atoms with Gasteiger partial charge in [-0.3, -0.25) is 4.79 Å². The van der Waals surface area contributed by atoms with Gasteiger partial charge in [0.1, 0.15) is 0 Å². The number of hydrogen-bond acceptors (Lipinski definition) is 3. The number of rotatable bonds is 1. The highest BCUT2D eigenvalue weighted by Crippen LogP contribution is 2.47. The van der Waals surface area contributed by atoms with Crippen LogP contribution in [-0.4, -0.2) is 38.1 Å². The van der Waals surface area contributed by atoms with E-state index in [1.165, 1.54) is 7.11 Å². The summed E-state index contributed by atoms with van der Waals surface area (Å²) in [5, 5.41) is 0. The molecule has 15 heavy (non-hydrogen) atoms. The summed E-state index contributed by atoms with van der Waals surface area (Å²) in [6, 6.07) is 0. The molecule has 1 fully saturated rings. The fourth-order valence-corrected chi connectivity index (χ4v) is 2.46. The zero-order valence-electron chi connectivity index (χ0n) is 10.6. The van der Waals surface area contributed by atoms with E-state index in [-0.39, 0.29) is 16.8 Å². The van der Waals surface area contributed by atoms with Crippen LogP contribution in [-0.2, 0) is 9.53 Å². The first-order valence-electron chi connectivity index (χ1n) is 5.60. The summed E-state index contributed by atoms with van der Waals surface area (Å²) >= 11 is 0. The van der Waals surface area contributed by atoms with Crippen LogP contribution in [0.15, 0.2) is 0 Å². The first-order chi connectivity index (χ1) is 6.83. The van der Waals surface area contributed by atoms with Crippen LogP contribution in [0.5, 0.6) is 0 Å². The molecule has 0 aliphatic carbocycles. The van der Waals surface area contributed by atoms with Crippen LogP contribution in [0.4, 0.5) is 0 Å². The Bertz CT molecular complexity index is 234. The highest BCUT2D eigenvalue weighted by Gasteiger charge is 2.50. The number of carbonyl (C=O) groups excluding carboxylic acids is 1. The van der Waals surface area contributed by atoms with Crippen LogP contribution >= 0.6 is 0 Å². The van der Waals surface area contributed by atoms with Crippen LogP contribution in [0, 0.1) is 10.8 Å². The normalized spacial score (nSPS) is 22.5. The number of likely N-dealkylation sites (tertiary alicyclic amines) is 1. The molecule has 3 heteroatoms. The average molecular weight is 213 g/mol. The van der Waals surface area contributed by atoms with Crippen molar-refractivity contribution in [3.05, 3.63) is 0 Å². The fraction of sp³-hybridized carbons (Fsp3) is 0.917. The van der Waals surface area contributed by atoms with Gasteiger partial charge in [-0.25, -0.2) is 0 Å². The van der Waals surface area contributed by atoms with E-state index in [1.807, 2.05) is 0 Å². The van der Waals surface area contributed by atoms with E-state index in [4.69, 9.17) is 4.74 Å². The van der Waals surface area contributed by atoms with Gasteiger partial charge in [0, 0.05) is 0 Å². The second kappa shape index (κ2) is 4.12. The number of ether oxygens (including phenoxy) is 1. The van der Waals surface area contributed by atoms with Crippen LogP contribution in [0.1, 0.15) is 33.6 Å². The van der Waals surface area contributed by atoms with Crippen molar-refractivity contribution in [2.24, 2.45) is 10.8 Å². The molecule has 88 valence electrons. The third-order valence-electron chi connectivity index (χ3n) is 3.85. The molecule has 1 heterocycles. The first kappa shape index (κ1) is 12.5. The summed E-state index contributed by atoms with van der Waals surface area (Å²) in [7, 11) is 3.60. The maximum atomic E-state index is 12.0. The van der Waals surface area contributed by atoms with Crippen molar-refractivity contribution in [1.29, 1.82) is 0 Å². The number of piperidine rings is 1. The molecule has 0 atom stereocenters. The minimum Gasteiger partial charge on any atom is -0.469 e. The Morgan fingerprint density at radius 2 is 1.73 bits per heavy atom. The van der Waals surface area contributed by atoms with Crippen LogP contribution in [0.3, 0.4) is 0 Å². The summed E-state index contributed by atoms with van der Waals surface area (Å²) in [6.07, 6.45) is 1.80. The van der Waals surface area contributed by atoms with Crippen molar-refractivity contribution in [3.63, 3.8) is 0 Å². The Balaban J connectivity index is 2.93. The number of esters is 1. The molecule has 0 aromatic heterocycles. The summed E-state index contributed by atoms with van der Waals surface area (Å²) in [4.78, 5) is 14.3. The molecular weight excluding hydrogens is 190 g/mol. The Hall–Kier alpha value is -0.570. The van der Waals surface area contributed by atoms with Crippen molar-refractivity contribution >= 4 is 5.97 Å². The molecule has 1 aliphatic heterocycles. The molecule has 0 N–H and O–H groups in total. The van der Waals surface area contributed by atoms with E-state index in [1.54, 1.807) is 0 Å². The third kappa shape index (κ3) is 2.17. The largest absolute Gasteiger partial charge is 0.469 e. The van der Waals surface area contributed by atoms with Crippen molar-refractivity contribution < 1.29 is 9.53 Å². The van der Waals surface area contributed by atoms with Gasteiger partial charge in [-0.15, -0.1) is 0 Å². The monoisotopic (exact) mass is 213 g/mol. The molecule has 1 saturated heterocycles. The summed E-state index contributed by atoms with van der Waals surface area (Å²) in [6.45, 7) is 8.36. The standard InChI is InChI=1S/C12H23NO2/c1-11(2,3)12(10(14)15-5)6-8-13(4)9-7-12/h6-9H2,1-5H3. The molecule has 0 spiro atoms. The van der Waals surface area contributed by atoms with Crippen LogP contribution in [0.25, 0.3) is 0 Å². The quantitative estimate of drug-likeness (QED) is 0.623. The Morgan fingerprint density at radius 3 is 2.07 bits per heavy atom. The van der Waals surface area contributed by atoms with Crippen molar-refractivity contribution in [1.82, 2.24) is 4.90 Å². The lowest BCUT2D eigenvalue weighted by atomic mass is 9.61. The minimum absolute atomic E-state index is 0.0264. The fourth-order valence-electron chi connectivity index (χ4n) is 2.46. The van der Waals surface area contributed by atoms with Gasteiger partial charge in [-0.05, 0) is 38.4 Å². The molecule has 0 aromatic carbocycles. The van der Waals surface area contributed by atoms with Crippen molar-refractivity contribution in [2.45, 2.75) is 33.6 Å². The molecule has 0 bridgehead atoms. The Morgan fingerprint density at radius 1 is 1.27 bits per heavy atom. The highest BCUT2D eigenvalue weighted by atomic mass is 16.5. The molecule has 0 amide bonds. The van der Waals surface area contributed by atoms with Gasteiger partial charge in [0.25, 0.3) is 0 Å². The molecule has 1 rings (SSSR count). The van der Waals surface area contributed by atoms with Gasteiger partial charge in [-0.1, -0.05) is 20.8 Å². The lowest BCUT2D eigenvalue weighted by molar-refractivity contribution is -0.164. The summed E-state index contributed by atoms with van der Waals surface area (Å²) in [5.74, 6) is -0.0388. The maximum absolute atomic E-state index is 12.0. The zero-order chi connectivity index (χ0) is 11.7.